The Morgan fingerprint density at radius 1 is 0.918 bits per heavy atom. The molecule has 4 aromatic carbocycles. The molecule has 0 unspecified atom stereocenters. The number of carbonyl (C=O) groups is 2. The van der Waals surface area contributed by atoms with Crippen LogP contribution in [0.5, 0.6) is 0 Å². The first-order chi connectivity index (χ1) is 29.4. The number of aromatic nitrogens is 2. The van der Waals surface area contributed by atoms with E-state index in [4.69, 9.17) is 4.74 Å². The van der Waals surface area contributed by atoms with E-state index in [-0.39, 0.29) is 17.3 Å². The fourth-order valence-corrected chi connectivity index (χ4v) is 10.8. The Morgan fingerprint density at radius 2 is 1.70 bits per heavy atom. The molecule has 2 amide bonds. The SMILES string of the molecule is O=C(NS(=O)(=O)c1ccc(N[C@H](CCN2CCOCC2)CSc2ccccc2)c(C(F)(F)F)c1)c1csc(N2CCc3cccc(C(=O)Nc4nc5ccccc5s4)c3C2)n1. The van der Waals surface area contributed by atoms with E-state index in [1.54, 1.807) is 6.07 Å². The van der Waals surface area contributed by atoms with Crippen LogP contribution in [-0.4, -0.2) is 86.3 Å². The van der Waals surface area contributed by atoms with Crippen LogP contribution in [0.1, 0.15) is 44.0 Å². The van der Waals surface area contributed by atoms with Crippen molar-refractivity contribution < 1.29 is 35.9 Å². The predicted molar refractivity (Wildman–Crippen MR) is 233 cm³/mol. The number of hydrogen-bond acceptors (Lipinski definition) is 13. The lowest BCUT2D eigenvalue weighted by atomic mass is 9.94. The molecule has 2 aliphatic rings. The Hall–Kier alpha value is -5.05. The number of amides is 2. The fraction of sp³-hybridized carbons (Fsp3) is 0.286. The van der Waals surface area contributed by atoms with Crippen molar-refractivity contribution in [3.63, 3.8) is 0 Å². The number of rotatable bonds is 14. The van der Waals surface area contributed by atoms with Crippen LogP contribution in [0.3, 0.4) is 0 Å². The fourth-order valence-electron chi connectivity index (χ4n) is 7.14. The number of nitrogens with zero attached hydrogens (tertiary/aromatic N) is 4. The van der Waals surface area contributed by atoms with Gasteiger partial charge in [0.05, 0.1) is 33.9 Å². The Labute approximate surface area is 362 Å². The van der Waals surface area contributed by atoms with Crippen molar-refractivity contribution in [2.45, 2.75) is 41.4 Å². The first kappa shape index (κ1) is 42.6. The number of alkyl halides is 3. The van der Waals surface area contributed by atoms with Gasteiger partial charge in [-0.2, -0.15) is 13.2 Å². The highest BCUT2D eigenvalue weighted by atomic mass is 32.2. The molecule has 19 heteroatoms. The van der Waals surface area contributed by atoms with Gasteiger partial charge in [0.1, 0.15) is 5.69 Å². The molecular weight excluding hydrogens is 868 g/mol. The van der Waals surface area contributed by atoms with Crippen LogP contribution in [0.25, 0.3) is 10.2 Å². The van der Waals surface area contributed by atoms with E-state index >= 15 is 0 Å². The van der Waals surface area contributed by atoms with Gasteiger partial charge < -0.3 is 15.0 Å². The topological polar surface area (TPSA) is 146 Å². The summed E-state index contributed by atoms with van der Waals surface area (Å²) >= 11 is 4.00. The highest BCUT2D eigenvalue weighted by Gasteiger charge is 2.36. The van der Waals surface area contributed by atoms with E-state index in [1.807, 2.05) is 76.4 Å². The van der Waals surface area contributed by atoms with Crippen molar-refractivity contribution in [2.24, 2.45) is 0 Å². The summed E-state index contributed by atoms with van der Waals surface area (Å²) in [4.78, 5) is 40.1. The standard InChI is InChI=1S/C42H40F3N7O5S4/c43-42(44,45)33-23-30(13-14-34(33)46-28(16-17-51-19-21-57-22-20-51)25-58-29-8-2-1-3-9-29)61(55,56)50-39(54)36-26-59-41(48-36)52-18-15-27-7-6-10-31(32(27)24-52)38(53)49-40-47-35-11-4-5-12-37(35)60-40/h1-14,23,26,28,46H,15-22,24-25H2,(H,50,54)(H,47,49,53)/t28-/m1/s1. The number of halogens is 3. The lowest BCUT2D eigenvalue weighted by Gasteiger charge is -2.29. The van der Waals surface area contributed by atoms with Crippen LogP contribution in [0.2, 0.25) is 0 Å². The highest BCUT2D eigenvalue weighted by molar-refractivity contribution is 7.99. The summed E-state index contributed by atoms with van der Waals surface area (Å²) in [6.45, 7) is 4.10. The summed E-state index contributed by atoms with van der Waals surface area (Å²) in [6, 6.07) is 25.0. The van der Waals surface area contributed by atoms with Crippen molar-refractivity contribution in [3.05, 3.63) is 124 Å². The molecule has 1 saturated heterocycles. The molecule has 0 saturated carbocycles. The van der Waals surface area contributed by atoms with E-state index < -0.39 is 38.6 Å². The summed E-state index contributed by atoms with van der Waals surface area (Å²) in [5, 5.41) is 8.25. The third-order valence-corrected chi connectivity index (χ3v) is 14.7. The van der Waals surface area contributed by atoms with Crippen molar-refractivity contribution in [1.29, 1.82) is 0 Å². The van der Waals surface area contributed by atoms with E-state index in [9.17, 15) is 31.2 Å². The monoisotopic (exact) mass is 907 g/mol. The minimum Gasteiger partial charge on any atom is -0.381 e. The maximum absolute atomic E-state index is 14.6. The Bertz CT molecular complexity index is 2600. The first-order valence-corrected chi connectivity index (χ1v) is 23.6. The highest BCUT2D eigenvalue weighted by Crippen LogP contribution is 2.38. The molecule has 1 fully saturated rings. The molecule has 6 aromatic rings. The molecule has 61 heavy (non-hydrogen) atoms. The number of nitrogens with one attached hydrogen (secondary N) is 3. The van der Waals surface area contributed by atoms with Gasteiger partial charge in [0.15, 0.2) is 10.3 Å². The molecule has 4 heterocycles. The number of anilines is 3. The quantitative estimate of drug-likeness (QED) is 0.0915. The molecule has 318 valence electrons. The van der Waals surface area contributed by atoms with Gasteiger partial charge in [0, 0.05) is 66.0 Å². The number of carbonyl (C=O) groups excluding carboxylic acids is 2. The van der Waals surface area contributed by atoms with E-state index in [0.717, 1.165) is 62.8 Å². The number of fused-ring (bicyclic) bond motifs is 2. The van der Waals surface area contributed by atoms with Crippen LogP contribution < -0.4 is 20.3 Å². The van der Waals surface area contributed by atoms with Gasteiger partial charge in [-0.3, -0.25) is 19.8 Å². The summed E-state index contributed by atoms with van der Waals surface area (Å²) in [5.74, 6) is -0.943. The second-order valence-electron chi connectivity index (χ2n) is 14.4. The molecule has 12 nitrogen and oxygen atoms in total. The van der Waals surface area contributed by atoms with E-state index in [1.165, 1.54) is 28.5 Å². The number of hydrogen-bond donors (Lipinski definition) is 3. The minimum absolute atomic E-state index is 0.218. The largest absolute Gasteiger partial charge is 0.418 e. The van der Waals surface area contributed by atoms with E-state index in [2.05, 4.69) is 25.5 Å². The van der Waals surface area contributed by atoms with Gasteiger partial charge in [-0.15, -0.1) is 23.1 Å². The zero-order valence-corrected chi connectivity index (χ0v) is 35.7. The maximum Gasteiger partial charge on any atom is 0.418 e. The minimum atomic E-state index is -4.91. The third-order valence-electron chi connectivity index (χ3n) is 10.3. The molecule has 0 bridgehead atoms. The summed E-state index contributed by atoms with van der Waals surface area (Å²) in [5.41, 5.74) is 1.38. The summed E-state index contributed by atoms with van der Waals surface area (Å²) < 4.78 is 79.1. The lowest BCUT2D eigenvalue weighted by molar-refractivity contribution is -0.137. The van der Waals surface area contributed by atoms with Crippen LogP contribution >= 0.6 is 34.4 Å². The number of thiazole rings is 2. The number of para-hydroxylation sites is 1. The smallest absolute Gasteiger partial charge is 0.381 e. The van der Waals surface area contributed by atoms with Gasteiger partial charge in [-0.25, -0.2) is 23.1 Å². The zero-order chi connectivity index (χ0) is 42.6. The molecule has 0 spiro atoms. The second-order valence-corrected chi connectivity index (χ2v) is 19.1. The molecule has 1 atom stereocenters. The molecule has 0 radical (unpaired) electrons. The normalized spacial score (nSPS) is 15.3. The summed E-state index contributed by atoms with van der Waals surface area (Å²) in [6.07, 6.45) is -3.79. The van der Waals surface area contributed by atoms with Crippen molar-refractivity contribution >= 4 is 82.4 Å². The van der Waals surface area contributed by atoms with E-state index in [0.29, 0.717) is 73.3 Å². The molecule has 0 aliphatic carbocycles. The van der Waals surface area contributed by atoms with Crippen LogP contribution in [-0.2, 0) is 33.9 Å². The molecule has 8 rings (SSSR count). The zero-order valence-electron chi connectivity index (χ0n) is 32.5. The Morgan fingerprint density at radius 3 is 2.49 bits per heavy atom. The van der Waals surface area contributed by atoms with Gasteiger partial charge >= 0.3 is 6.18 Å². The maximum atomic E-state index is 14.6. The molecular formula is C42H40F3N7O5S4. The van der Waals surface area contributed by atoms with Gasteiger partial charge in [0.25, 0.3) is 21.8 Å². The lowest BCUT2D eigenvalue weighted by Crippen LogP contribution is -2.39. The number of sulfonamides is 1. The van der Waals surface area contributed by atoms with Crippen LogP contribution in [0.4, 0.5) is 29.1 Å². The molecule has 2 aliphatic heterocycles. The summed E-state index contributed by atoms with van der Waals surface area (Å²) in [7, 11) is -4.76. The number of benzene rings is 4. The number of ether oxygens (including phenoxy) is 1. The van der Waals surface area contributed by atoms with Crippen LogP contribution in [0, 0.1) is 0 Å². The Balaban J connectivity index is 0.947. The van der Waals surface area contributed by atoms with Gasteiger partial charge in [-0.1, -0.05) is 53.8 Å². The third kappa shape index (κ3) is 10.4. The molecule has 2 aromatic heterocycles. The van der Waals surface area contributed by atoms with Gasteiger partial charge in [0.2, 0.25) is 0 Å². The second kappa shape index (κ2) is 18.5. The van der Waals surface area contributed by atoms with Crippen molar-refractivity contribution in [2.75, 3.05) is 60.7 Å². The number of morpholine rings is 1. The van der Waals surface area contributed by atoms with Crippen molar-refractivity contribution in [1.82, 2.24) is 19.6 Å². The van der Waals surface area contributed by atoms with Gasteiger partial charge in [-0.05, 0) is 72.5 Å². The van der Waals surface area contributed by atoms with Crippen molar-refractivity contribution in [3.8, 4) is 0 Å². The average Bonchev–Trinajstić information content (AvgIpc) is 3.92. The van der Waals surface area contributed by atoms with Crippen LogP contribution in [0.15, 0.2) is 106 Å². The first-order valence-electron chi connectivity index (χ1n) is 19.4. The Kier molecular flexibility index (Phi) is 12.9. The number of thioether (sulfide) groups is 1. The predicted octanol–water partition coefficient (Wildman–Crippen LogP) is 8.00. The average molecular weight is 908 g/mol. The molecule has 3 N–H and O–H groups in total.